The van der Waals surface area contributed by atoms with E-state index in [1.807, 2.05) is 60.4 Å². The fourth-order valence-electron chi connectivity index (χ4n) is 2.28. The number of nitrogens with zero attached hydrogens (tertiary/aromatic N) is 4. The van der Waals surface area contributed by atoms with Gasteiger partial charge in [0.05, 0.1) is 17.3 Å². The molecule has 0 aliphatic heterocycles. The Balaban J connectivity index is 1.64. The van der Waals surface area contributed by atoms with Crippen molar-refractivity contribution in [2.45, 2.75) is 11.7 Å². The van der Waals surface area contributed by atoms with Crippen molar-refractivity contribution in [3.8, 4) is 11.4 Å². The molecule has 0 N–H and O–H groups in total. The highest BCUT2D eigenvalue weighted by molar-refractivity contribution is 7.99. The molecule has 0 aliphatic carbocycles. The van der Waals surface area contributed by atoms with Crippen LogP contribution in [0, 0.1) is 0 Å². The molecule has 5 nitrogen and oxygen atoms in total. The average molecular weight is 393 g/mol. The van der Waals surface area contributed by atoms with E-state index in [1.54, 1.807) is 16.2 Å². The number of carbonyl (C=O) groups is 1. The third kappa shape index (κ3) is 4.23. The Morgan fingerprint density at radius 3 is 2.80 bits per heavy atom. The molecule has 3 aromatic rings. The molecule has 3 rings (SSSR count). The van der Waals surface area contributed by atoms with E-state index in [-0.39, 0.29) is 5.91 Å². The predicted octanol–water partition coefficient (Wildman–Crippen LogP) is 3.95. The molecule has 0 unspecified atom stereocenters. The average Bonchev–Trinajstić information content (AvgIpc) is 3.23. The summed E-state index contributed by atoms with van der Waals surface area (Å²) in [5, 5.41) is 11.7. The minimum Gasteiger partial charge on any atom is -0.340 e. The van der Waals surface area contributed by atoms with Gasteiger partial charge < -0.3 is 9.47 Å². The maximum atomic E-state index is 12.3. The molecule has 0 spiro atoms. The van der Waals surface area contributed by atoms with Crippen LogP contribution in [0.5, 0.6) is 0 Å². The van der Waals surface area contributed by atoms with Gasteiger partial charge in [-0.25, -0.2) is 0 Å². The van der Waals surface area contributed by atoms with E-state index in [2.05, 4.69) is 10.2 Å². The Morgan fingerprint density at radius 1 is 1.28 bits per heavy atom. The number of thiophene rings is 1. The summed E-state index contributed by atoms with van der Waals surface area (Å²) in [5.41, 5.74) is 0.826. The van der Waals surface area contributed by atoms with Crippen LogP contribution < -0.4 is 0 Å². The van der Waals surface area contributed by atoms with Gasteiger partial charge in [0.25, 0.3) is 0 Å². The first kappa shape index (κ1) is 18.0. The second kappa shape index (κ2) is 8.03. The first-order valence-electron chi connectivity index (χ1n) is 7.59. The van der Waals surface area contributed by atoms with Gasteiger partial charge in [-0.1, -0.05) is 41.6 Å². The maximum Gasteiger partial charge on any atom is 0.233 e. The zero-order valence-electron chi connectivity index (χ0n) is 13.8. The first-order valence-corrected chi connectivity index (χ1v) is 9.84. The molecule has 0 aliphatic rings. The lowest BCUT2D eigenvalue weighted by Gasteiger charge is -2.15. The summed E-state index contributed by atoms with van der Waals surface area (Å²) in [6.45, 7) is 0.626. The second-order valence-electron chi connectivity index (χ2n) is 5.46. The van der Waals surface area contributed by atoms with Crippen LogP contribution in [0.1, 0.15) is 4.88 Å². The Hall–Kier alpha value is -1.83. The highest BCUT2D eigenvalue weighted by atomic mass is 35.5. The van der Waals surface area contributed by atoms with Crippen LogP contribution in [-0.4, -0.2) is 38.4 Å². The lowest BCUT2D eigenvalue weighted by atomic mass is 10.2. The van der Waals surface area contributed by atoms with Crippen LogP contribution in [0.15, 0.2) is 46.9 Å². The smallest absolute Gasteiger partial charge is 0.233 e. The van der Waals surface area contributed by atoms with Crippen molar-refractivity contribution in [2.24, 2.45) is 7.05 Å². The first-order chi connectivity index (χ1) is 12.1. The van der Waals surface area contributed by atoms with Gasteiger partial charge in [-0.2, -0.15) is 0 Å². The number of halogens is 1. The predicted molar refractivity (Wildman–Crippen MR) is 103 cm³/mol. The molecule has 2 aromatic heterocycles. The lowest BCUT2D eigenvalue weighted by molar-refractivity contribution is -0.127. The fraction of sp³-hybridized carbons (Fsp3) is 0.235. The van der Waals surface area contributed by atoms with E-state index >= 15 is 0 Å². The van der Waals surface area contributed by atoms with E-state index in [9.17, 15) is 4.79 Å². The van der Waals surface area contributed by atoms with E-state index in [1.165, 1.54) is 16.6 Å². The molecule has 1 aromatic carbocycles. The van der Waals surface area contributed by atoms with Crippen molar-refractivity contribution < 1.29 is 4.79 Å². The number of benzene rings is 1. The fourth-order valence-corrected chi connectivity index (χ4v) is 4.11. The van der Waals surface area contributed by atoms with Gasteiger partial charge in [0, 0.05) is 24.5 Å². The quantitative estimate of drug-likeness (QED) is 0.596. The minimum atomic E-state index is 0.0562. The molecule has 8 heteroatoms. The molecule has 25 heavy (non-hydrogen) atoms. The van der Waals surface area contributed by atoms with Crippen LogP contribution in [-0.2, 0) is 18.4 Å². The Labute approximate surface area is 159 Å². The van der Waals surface area contributed by atoms with Crippen molar-refractivity contribution >= 4 is 40.6 Å². The van der Waals surface area contributed by atoms with Crippen LogP contribution in [0.3, 0.4) is 0 Å². The van der Waals surface area contributed by atoms with Crippen LogP contribution in [0.25, 0.3) is 11.4 Å². The van der Waals surface area contributed by atoms with Gasteiger partial charge in [-0.05, 0) is 23.6 Å². The van der Waals surface area contributed by atoms with Crippen LogP contribution >= 0.6 is 34.7 Å². The summed E-state index contributed by atoms with van der Waals surface area (Å²) in [7, 11) is 3.69. The van der Waals surface area contributed by atoms with Crippen molar-refractivity contribution in [3.63, 3.8) is 0 Å². The summed E-state index contributed by atoms with van der Waals surface area (Å²) in [4.78, 5) is 15.2. The van der Waals surface area contributed by atoms with Crippen LogP contribution in [0.4, 0.5) is 0 Å². The molecule has 1 amide bonds. The van der Waals surface area contributed by atoms with Gasteiger partial charge in [0.1, 0.15) is 0 Å². The number of carbonyl (C=O) groups excluding carboxylic acids is 1. The number of aromatic nitrogens is 3. The molecule has 0 saturated heterocycles. The number of hydrogen-bond acceptors (Lipinski definition) is 5. The zero-order valence-corrected chi connectivity index (χ0v) is 16.2. The molecule has 0 fully saturated rings. The Kier molecular flexibility index (Phi) is 5.78. The lowest BCUT2D eigenvalue weighted by Crippen LogP contribution is -2.27. The van der Waals surface area contributed by atoms with E-state index < -0.39 is 0 Å². The normalized spacial score (nSPS) is 10.8. The van der Waals surface area contributed by atoms with Gasteiger partial charge in [0.15, 0.2) is 11.0 Å². The maximum absolute atomic E-state index is 12.3. The Bertz CT molecular complexity index is 863. The van der Waals surface area contributed by atoms with Crippen molar-refractivity contribution in [1.29, 1.82) is 0 Å². The zero-order chi connectivity index (χ0) is 17.8. The summed E-state index contributed by atoms with van der Waals surface area (Å²) >= 11 is 9.25. The molecule has 0 bridgehead atoms. The molecular formula is C17H17ClN4OS2. The van der Waals surface area contributed by atoms with Gasteiger partial charge >= 0.3 is 0 Å². The van der Waals surface area contributed by atoms with E-state index in [0.29, 0.717) is 28.3 Å². The van der Waals surface area contributed by atoms with Crippen molar-refractivity contribution in [3.05, 3.63) is 51.7 Å². The standard InChI is InChI=1S/C17H17ClN4OS2/c1-21(10-12-6-5-9-24-12)15(23)11-25-17-20-19-16(22(17)2)13-7-3-4-8-14(13)18/h3-9H,10-11H2,1-2H3. The summed E-state index contributed by atoms with van der Waals surface area (Å²) in [5.74, 6) is 1.06. The topological polar surface area (TPSA) is 51.0 Å². The Morgan fingerprint density at radius 2 is 2.08 bits per heavy atom. The molecule has 0 saturated carbocycles. The number of rotatable bonds is 6. The molecule has 0 radical (unpaired) electrons. The summed E-state index contributed by atoms with van der Waals surface area (Å²) in [6, 6.07) is 11.5. The third-order valence-corrected chi connectivity index (χ3v) is 5.87. The molecule has 2 heterocycles. The molecular weight excluding hydrogens is 376 g/mol. The van der Waals surface area contributed by atoms with Gasteiger partial charge in [0.2, 0.25) is 5.91 Å². The molecule has 130 valence electrons. The third-order valence-electron chi connectivity index (χ3n) is 3.67. The number of amides is 1. The van der Waals surface area contributed by atoms with Crippen molar-refractivity contribution in [1.82, 2.24) is 19.7 Å². The largest absolute Gasteiger partial charge is 0.340 e. The van der Waals surface area contributed by atoms with Crippen LogP contribution in [0.2, 0.25) is 5.02 Å². The number of hydrogen-bond donors (Lipinski definition) is 0. The SMILES string of the molecule is CN(Cc1cccs1)C(=O)CSc1nnc(-c2ccccc2Cl)n1C. The van der Waals surface area contributed by atoms with Crippen molar-refractivity contribution in [2.75, 3.05) is 12.8 Å². The monoisotopic (exact) mass is 392 g/mol. The summed E-state index contributed by atoms with van der Waals surface area (Å²) in [6.07, 6.45) is 0. The second-order valence-corrected chi connectivity index (χ2v) is 7.84. The highest BCUT2D eigenvalue weighted by Crippen LogP contribution is 2.28. The van der Waals surface area contributed by atoms with Gasteiger partial charge in [-0.3, -0.25) is 4.79 Å². The minimum absolute atomic E-state index is 0.0562. The number of thioether (sulfide) groups is 1. The van der Waals surface area contributed by atoms with E-state index in [0.717, 1.165) is 5.56 Å². The van der Waals surface area contributed by atoms with E-state index in [4.69, 9.17) is 11.6 Å². The summed E-state index contributed by atoms with van der Waals surface area (Å²) < 4.78 is 1.86. The van der Waals surface area contributed by atoms with Gasteiger partial charge in [-0.15, -0.1) is 21.5 Å². The highest BCUT2D eigenvalue weighted by Gasteiger charge is 2.16. The molecule has 0 atom stereocenters.